The van der Waals surface area contributed by atoms with Crippen LogP contribution >= 0.6 is 11.6 Å². The Kier molecular flexibility index (Phi) is 3.13. The highest BCUT2D eigenvalue weighted by Crippen LogP contribution is 2.26. The van der Waals surface area contributed by atoms with Crippen LogP contribution in [0.2, 0.25) is 5.02 Å². The van der Waals surface area contributed by atoms with E-state index in [1.807, 2.05) is 0 Å². The highest BCUT2D eigenvalue weighted by atomic mass is 35.5. The van der Waals surface area contributed by atoms with Crippen LogP contribution in [0.5, 0.6) is 5.88 Å². The van der Waals surface area contributed by atoms with Gasteiger partial charge in [0.15, 0.2) is 0 Å². The lowest BCUT2D eigenvalue weighted by Gasteiger charge is -2.03. The molecule has 0 bridgehead atoms. The SMILES string of the molecule is O=[N+]([O-])c1cnc(OC(F)F)c(Cl)c1. The molecule has 76 valence electrons. The van der Waals surface area contributed by atoms with Crippen LogP contribution in [-0.4, -0.2) is 16.5 Å². The quantitative estimate of drug-likeness (QED) is 0.583. The molecule has 1 aromatic heterocycles. The van der Waals surface area contributed by atoms with Gasteiger partial charge in [-0.2, -0.15) is 8.78 Å². The monoisotopic (exact) mass is 224 g/mol. The van der Waals surface area contributed by atoms with Crippen molar-refractivity contribution in [2.75, 3.05) is 0 Å². The summed E-state index contributed by atoms with van der Waals surface area (Å²) in [7, 11) is 0. The average Bonchev–Trinajstić information content (AvgIpc) is 2.07. The number of nitrogens with zero attached hydrogens (tertiary/aromatic N) is 2. The van der Waals surface area contributed by atoms with E-state index >= 15 is 0 Å². The average molecular weight is 225 g/mol. The number of ether oxygens (including phenoxy) is 1. The highest BCUT2D eigenvalue weighted by Gasteiger charge is 2.14. The zero-order chi connectivity index (χ0) is 10.7. The Hall–Kier alpha value is -1.50. The van der Waals surface area contributed by atoms with Crippen LogP contribution in [-0.2, 0) is 0 Å². The standard InChI is InChI=1S/C6H3ClF2N2O3/c7-4-1-3(11(12)13)2-10-5(4)14-6(8)9/h1-2,6H. The van der Waals surface area contributed by atoms with Crippen LogP contribution in [0.25, 0.3) is 0 Å². The molecule has 0 fully saturated rings. The minimum absolute atomic E-state index is 0.334. The summed E-state index contributed by atoms with van der Waals surface area (Å²) >= 11 is 5.39. The molecular formula is C6H3ClF2N2O3. The molecule has 1 rings (SSSR count). The molecule has 5 nitrogen and oxygen atoms in total. The van der Waals surface area contributed by atoms with Gasteiger partial charge in [0.2, 0.25) is 5.88 Å². The van der Waals surface area contributed by atoms with Crippen molar-refractivity contribution < 1.29 is 18.4 Å². The predicted molar refractivity (Wildman–Crippen MR) is 42.5 cm³/mol. The summed E-state index contributed by atoms with van der Waals surface area (Å²) in [6.07, 6.45) is 0.781. The number of alkyl halides is 2. The second kappa shape index (κ2) is 4.14. The molecule has 0 saturated carbocycles. The van der Waals surface area contributed by atoms with E-state index in [1.54, 1.807) is 0 Å². The summed E-state index contributed by atoms with van der Waals surface area (Å²) in [5.74, 6) is -0.535. The molecule has 0 aliphatic rings. The van der Waals surface area contributed by atoms with Crippen molar-refractivity contribution in [2.24, 2.45) is 0 Å². The third-order valence-corrected chi connectivity index (χ3v) is 1.48. The van der Waals surface area contributed by atoms with Gasteiger partial charge in [0.25, 0.3) is 5.69 Å². The van der Waals surface area contributed by atoms with E-state index in [2.05, 4.69) is 9.72 Å². The predicted octanol–water partition coefficient (Wildman–Crippen LogP) is 2.24. The zero-order valence-corrected chi connectivity index (χ0v) is 7.24. The molecule has 8 heteroatoms. The topological polar surface area (TPSA) is 65.3 Å². The third kappa shape index (κ3) is 2.49. The molecule has 0 spiro atoms. The van der Waals surface area contributed by atoms with Crippen LogP contribution < -0.4 is 4.74 Å². The van der Waals surface area contributed by atoms with Crippen molar-refractivity contribution in [1.29, 1.82) is 0 Å². The molecule has 0 aliphatic heterocycles. The van der Waals surface area contributed by atoms with Crippen molar-refractivity contribution in [3.05, 3.63) is 27.4 Å². The molecule has 0 radical (unpaired) electrons. The minimum atomic E-state index is -3.07. The van der Waals surface area contributed by atoms with E-state index in [1.165, 1.54) is 0 Å². The lowest BCUT2D eigenvalue weighted by molar-refractivity contribution is -0.385. The van der Waals surface area contributed by atoms with E-state index in [-0.39, 0.29) is 5.02 Å². The Bertz CT molecular complexity index is 361. The van der Waals surface area contributed by atoms with Crippen LogP contribution in [0.4, 0.5) is 14.5 Å². The van der Waals surface area contributed by atoms with Gasteiger partial charge < -0.3 is 4.74 Å². The van der Waals surface area contributed by atoms with Crippen LogP contribution in [0, 0.1) is 10.1 Å². The normalized spacial score (nSPS) is 10.3. The van der Waals surface area contributed by atoms with Gasteiger partial charge in [-0.05, 0) is 0 Å². The first kappa shape index (κ1) is 10.6. The summed E-state index contributed by atoms with van der Waals surface area (Å²) < 4.78 is 27.3. The second-order valence-corrected chi connectivity index (χ2v) is 2.52. The number of halogens is 3. The Labute approximate surface area is 81.4 Å². The van der Waals surface area contributed by atoms with Gasteiger partial charge in [-0.25, -0.2) is 4.98 Å². The first-order valence-corrected chi connectivity index (χ1v) is 3.63. The number of aromatic nitrogens is 1. The fourth-order valence-electron chi connectivity index (χ4n) is 0.686. The van der Waals surface area contributed by atoms with Crippen molar-refractivity contribution in [3.8, 4) is 5.88 Å². The van der Waals surface area contributed by atoms with E-state index in [9.17, 15) is 18.9 Å². The zero-order valence-electron chi connectivity index (χ0n) is 6.49. The summed E-state index contributed by atoms with van der Waals surface area (Å²) in [5, 5.41) is 9.87. The molecule has 0 N–H and O–H groups in total. The van der Waals surface area contributed by atoms with Gasteiger partial charge in [0.05, 0.1) is 4.92 Å². The Balaban J connectivity index is 2.95. The van der Waals surface area contributed by atoms with Gasteiger partial charge in [-0.1, -0.05) is 11.6 Å². The van der Waals surface area contributed by atoms with Crippen LogP contribution in [0.3, 0.4) is 0 Å². The fourth-order valence-corrected chi connectivity index (χ4v) is 0.891. The van der Waals surface area contributed by atoms with Gasteiger partial charge in [-0.3, -0.25) is 10.1 Å². The lowest BCUT2D eigenvalue weighted by atomic mass is 10.4. The molecule has 0 unspecified atom stereocenters. The fraction of sp³-hybridized carbons (Fsp3) is 0.167. The van der Waals surface area contributed by atoms with Gasteiger partial charge in [0, 0.05) is 6.07 Å². The molecule has 0 amide bonds. The molecule has 0 saturated heterocycles. The molecule has 0 aromatic carbocycles. The van der Waals surface area contributed by atoms with E-state index in [0.29, 0.717) is 0 Å². The maximum absolute atomic E-state index is 11.7. The molecule has 14 heavy (non-hydrogen) atoms. The maximum Gasteiger partial charge on any atom is 0.388 e. The van der Waals surface area contributed by atoms with Crippen molar-refractivity contribution >= 4 is 17.3 Å². The first-order valence-electron chi connectivity index (χ1n) is 3.25. The lowest BCUT2D eigenvalue weighted by Crippen LogP contribution is -2.04. The summed E-state index contributed by atoms with van der Waals surface area (Å²) in [4.78, 5) is 12.7. The van der Waals surface area contributed by atoms with Crippen LogP contribution in [0.1, 0.15) is 0 Å². The third-order valence-electron chi connectivity index (χ3n) is 1.20. The minimum Gasteiger partial charge on any atom is -0.415 e. The maximum atomic E-state index is 11.7. The van der Waals surface area contributed by atoms with Gasteiger partial charge in [0.1, 0.15) is 11.2 Å². The van der Waals surface area contributed by atoms with Crippen molar-refractivity contribution in [1.82, 2.24) is 4.98 Å². The van der Waals surface area contributed by atoms with Crippen molar-refractivity contribution in [3.63, 3.8) is 0 Å². The highest BCUT2D eigenvalue weighted by molar-refractivity contribution is 6.32. The van der Waals surface area contributed by atoms with Crippen molar-refractivity contribution in [2.45, 2.75) is 6.61 Å². The summed E-state index contributed by atoms with van der Waals surface area (Å²) in [6.45, 7) is -3.07. The second-order valence-electron chi connectivity index (χ2n) is 2.12. The summed E-state index contributed by atoms with van der Waals surface area (Å²) in [6, 6.07) is 0.881. The Morgan fingerprint density at radius 1 is 1.64 bits per heavy atom. The smallest absolute Gasteiger partial charge is 0.388 e. The molecule has 0 atom stereocenters. The number of nitro groups is 1. The van der Waals surface area contributed by atoms with E-state index < -0.39 is 23.1 Å². The van der Waals surface area contributed by atoms with E-state index in [0.717, 1.165) is 12.3 Å². The molecule has 0 aliphatic carbocycles. The Morgan fingerprint density at radius 2 is 2.29 bits per heavy atom. The van der Waals surface area contributed by atoms with Gasteiger partial charge >= 0.3 is 6.61 Å². The Morgan fingerprint density at radius 3 is 2.71 bits per heavy atom. The van der Waals surface area contributed by atoms with Crippen LogP contribution in [0.15, 0.2) is 12.3 Å². The van der Waals surface area contributed by atoms with E-state index in [4.69, 9.17) is 11.6 Å². The molecule has 1 aromatic rings. The largest absolute Gasteiger partial charge is 0.415 e. The van der Waals surface area contributed by atoms with Gasteiger partial charge in [-0.15, -0.1) is 0 Å². The summed E-state index contributed by atoms with van der Waals surface area (Å²) in [5.41, 5.74) is -0.392. The first-order chi connectivity index (χ1) is 6.50. The number of rotatable bonds is 3. The molecular weight excluding hydrogens is 222 g/mol. The number of pyridine rings is 1. The number of hydrogen-bond acceptors (Lipinski definition) is 4. The molecule has 1 heterocycles. The number of hydrogen-bond donors (Lipinski definition) is 0.